The molecule has 2 aromatic carbocycles. The van der Waals surface area contributed by atoms with Gasteiger partial charge in [0.2, 0.25) is 0 Å². The Hall–Kier alpha value is -3.00. The van der Waals surface area contributed by atoms with Crippen molar-refractivity contribution in [2.24, 2.45) is 0 Å². The number of carbonyl (C=O) groups is 1. The Labute approximate surface area is 161 Å². The van der Waals surface area contributed by atoms with Crippen LogP contribution < -0.4 is 15.7 Å². The summed E-state index contributed by atoms with van der Waals surface area (Å²) < 4.78 is 48.6. The van der Waals surface area contributed by atoms with Crippen LogP contribution in [0.2, 0.25) is 5.02 Å². The SMILES string of the molecule is Cc1cc(=O)oc2cc(OCC(=O)Nc3cccc(C(F)(F)F)c3)c(Cl)cc12. The Bertz CT molecular complexity index is 1110. The Kier molecular flexibility index (Phi) is 5.33. The van der Waals surface area contributed by atoms with Crippen LogP contribution >= 0.6 is 11.6 Å². The van der Waals surface area contributed by atoms with Crippen LogP contribution in [0.1, 0.15) is 11.1 Å². The van der Waals surface area contributed by atoms with Crippen molar-refractivity contribution in [1.29, 1.82) is 0 Å². The number of hydrogen-bond acceptors (Lipinski definition) is 4. The molecule has 9 heteroatoms. The number of benzene rings is 2. The molecule has 0 atom stereocenters. The molecule has 0 saturated heterocycles. The quantitative estimate of drug-likeness (QED) is 0.627. The normalized spacial score (nSPS) is 11.5. The number of hydrogen-bond donors (Lipinski definition) is 1. The van der Waals surface area contributed by atoms with Crippen molar-refractivity contribution in [3.63, 3.8) is 0 Å². The number of ether oxygens (including phenoxy) is 1. The lowest BCUT2D eigenvalue weighted by atomic mass is 10.1. The van der Waals surface area contributed by atoms with E-state index in [1.165, 1.54) is 30.3 Å². The van der Waals surface area contributed by atoms with Gasteiger partial charge in [-0.25, -0.2) is 4.79 Å². The number of rotatable bonds is 4. The maximum atomic E-state index is 12.7. The van der Waals surface area contributed by atoms with Gasteiger partial charge in [-0.3, -0.25) is 4.79 Å². The number of aryl methyl sites for hydroxylation is 1. The fourth-order valence-corrected chi connectivity index (χ4v) is 2.76. The third-order valence-corrected chi connectivity index (χ3v) is 4.13. The lowest BCUT2D eigenvalue weighted by molar-refractivity contribution is -0.137. The van der Waals surface area contributed by atoms with Gasteiger partial charge in [0.1, 0.15) is 11.3 Å². The topological polar surface area (TPSA) is 68.5 Å². The molecule has 5 nitrogen and oxygen atoms in total. The second kappa shape index (κ2) is 7.55. The molecule has 146 valence electrons. The molecule has 0 aliphatic rings. The van der Waals surface area contributed by atoms with Crippen LogP contribution in [0.5, 0.6) is 5.75 Å². The summed E-state index contributed by atoms with van der Waals surface area (Å²) in [6.07, 6.45) is -4.52. The highest BCUT2D eigenvalue weighted by Gasteiger charge is 2.30. The number of anilines is 1. The summed E-state index contributed by atoms with van der Waals surface area (Å²) in [5.74, 6) is -0.580. The minimum Gasteiger partial charge on any atom is -0.482 e. The molecule has 0 unspecified atom stereocenters. The first-order valence-corrected chi connectivity index (χ1v) is 8.35. The van der Waals surface area contributed by atoms with Crippen LogP contribution in [0.25, 0.3) is 11.0 Å². The monoisotopic (exact) mass is 411 g/mol. The van der Waals surface area contributed by atoms with E-state index >= 15 is 0 Å². The highest BCUT2D eigenvalue weighted by molar-refractivity contribution is 6.32. The van der Waals surface area contributed by atoms with Crippen molar-refractivity contribution in [3.8, 4) is 5.75 Å². The van der Waals surface area contributed by atoms with Gasteiger partial charge in [-0.05, 0) is 36.8 Å². The summed E-state index contributed by atoms with van der Waals surface area (Å²) in [4.78, 5) is 23.5. The van der Waals surface area contributed by atoms with Crippen molar-refractivity contribution < 1.29 is 27.1 Å². The number of carbonyl (C=O) groups excluding carboxylic acids is 1. The van der Waals surface area contributed by atoms with E-state index in [4.69, 9.17) is 20.8 Å². The highest BCUT2D eigenvalue weighted by Crippen LogP contribution is 2.32. The van der Waals surface area contributed by atoms with Gasteiger partial charge in [-0.2, -0.15) is 13.2 Å². The van der Waals surface area contributed by atoms with E-state index in [0.29, 0.717) is 10.9 Å². The van der Waals surface area contributed by atoms with Gasteiger partial charge >= 0.3 is 11.8 Å². The minimum absolute atomic E-state index is 0.0188. The van der Waals surface area contributed by atoms with E-state index in [0.717, 1.165) is 12.1 Å². The predicted molar refractivity (Wildman–Crippen MR) is 97.8 cm³/mol. The second-order valence-electron chi connectivity index (χ2n) is 5.94. The zero-order chi connectivity index (χ0) is 20.5. The molecule has 1 heterocycles. The van der Waals surface area contributed by atoms with E-state index in [9.17, 15) is 22.8 Å². The molecule has 0 aliphatic carbocycles. The third kappa shape index (κ3) is 4.45. The van der Waals surface area contributed by atoms with Crippen LogP contribution in [0.15, 0.2) is 51.7 Å². The molecule has 1 aromatic heterocycles. The molecular weight excluding hydrogens is 399 g/mol. The fourth-order valence-electron chi connectivity index (χ4n) is 2.54. The molecule has 0 radical (unpaired) electrons. The summed E-state index contributed by atoms with van der Waals surface area (Å²) in [6.45, 7) is 1.22. The molecule has 0 saturated carbocycles. The summed E-state index contributed by atoms with van der Waals surface area (Å²) in [5.41, 5.74) is -0.533. The van der Waals surface area contributed by atoms with Crippen molar-refractivity contribution in [3.05, 3.63) is 69.0 Å². The van der Waals surface area contributed by atoms with E-state index in [-0.39, 0.29) is 22.0 Å². The van der Waals surface area contributed by atoms with Crippen molar-refractivity contribution in [2.45, 2.75) is 13.1 Å². The van der Waals surface area contributed by atoms with Crippen LogP contribution in [-0.2, 0) is 11.0 Å². The zero-order valence-electron chi connectivity index (χ0n) is 14.4. The van der Waals surface area contributed by atoms with Crippen LogP contribution in [0.4, 0.5) is 18.9 Å². The van der Waals surface area contributed by atoms with Gasteiger partial charge < -0.3 is 14.5 Å². The van der Waals surface area contributed by atoms with Crippen molar-refractivity contribution in [2.75, 3.05) is 11.9 Å². The second-order valence-corrected chi connectivity index (χ2v) is 6.35. The lowest BCUT2D eigenvalue weighted by Gasteiger charge is -2.11. The molecule has 0 bridgehead atoms. The summed E-state index contributed by atoms with van der Waals surface area (Å²) in [6, 6.07) is 8.47. The first-order valence-electron chi connectivity index (χ1n) is 7.97. The zero-order valence-corrected chi connectivity index (χ0v) is 15.1. The summed E-state index contributed by atoms with van der Waals surface area (Å²) >= 11 is 6.13. The first-order chi connectivity index (χ1) is 13.1. The molecule has 1 N–H and O–H groups in total. The predicted octanol–water partition coefficient (Wildman–Crippen LogP) is 4.79. The minimum atomic E-state index is -4.52. The lowest BCUT2D eigenvalue weighted by Crippen LogP contribution is -2.20. The fraction of sp³-hybridized carbons (Fsp3) is 0.158. The Morgan fingerprint density at radius 1 is 1.21 bits per heavy atom. The number of halogens is 4. The van der Waals surface area contributed by atoms with E-state index < -0.39 is 29.9 Å². The van der Waals surface area contributed by atoms with Gasteiger partial charge in [0.05, 0.1) is 10.6 Å². The van der Waals surface area contributed by atoms with Crippen LogP contribution in [0.3, 0.4) is 0 Å². The Morgan fingerprint density at radius 3 is 2.68 bits per heavy atom. The van der Waals surface area contributed by atoms with Gasteiger partial charge in [0.15, 0.2) is 6.61 Å². The summed E-state index contributed by atoms with van der Waals surface area (Å²) in [7, 11) is 0. The smallest absolute Gasteiger partial charge is 0.416 e. The standard InChI is InChI=1S/C19H13ClF3NO4/c1-10-5-18(26)28-15-8-16(14(20)7-13(10)15)27-9-17(25)24-12-4-2-3-11(6-12)19(21,22)23/h2-8H,9H2,1H3,(H,24,25). The first kappa shape index (κ1) is 19.8. The van der Waals surface area contributed by atoms with Gasteiger partial charge in [0.25, 0.3) is 5.91 Å². The maximum Gasteiger partial charge on any atom is 0.416 e. The number of amides is 1. The number of alkyl halides is 3. The van der Waals surface area contributed by atoms with E-state index in [1.54, 1.807) is 6.92 Å². The molecular formula is C19H13ClF3NO4. The van der Waals surface area contributed by atoms with E-state index in [1.807, 2.05) is 0 Å². The maximum absolute atomic E-state index is 12.7. The van der Waals surface area contributed by atoms with Gasteiger partial charge in [-0.15, -0.1) is 0 Å². The van der Waals surface area contributed by atoms with Crippen LogP contribution in [0, 0.1) is 6.92 Å². The number of nitrogens with one attached hydrogen (secondary N) is 1. The Morgan fingerprint density at radius 2 is 1.96 bits per heavy atom. The average Bonchev–Trinajstić information content (AvgIpc) is 2.60. The molecule has 3 aromatic rings. The van der Waals surface area contributed by atoms with E-state index in [2.05, 4.69) is 5.32 Å². The van der Waals surface area contributed by atoms with Crippen molar-refractivity contribution in [1.82, 2.24) is 0 Å². The molecule has 3 rings (SSSR count). The molecule has 0 spiro atoms. The highest BCUT2D eigenvalue weighted by atomic mass is 35.5. The largest absolute Gasteiger partial charge is 0.482 e. The molecule has 28 heavy (non-hydrogen) atoms. The van der Waals surface area contributed by atoms with Crippen molar-refractivity contribution >= 4 is 34.2 Å². The third-order valence-electron chi connectivity index (χ3n) is 3.84. The summed E-state index contributed by atoms with van der Waals surface area (Å²) in [5, 5.41) is 3.13. The molecule has 0 aliphatic heterocycles. The molecule has 1 amide bonds. The number of fused-ring (bicyclic) bond motifs is 1. The van der Waals surface area contributed by atoms with Crippen LogP contribution in [-0.4, -0.2) is 12.5 Å². The Balaban J connectivity index is 1.73. The molecule has 0 fully saturated rings. The van der Waals surface area contributed by atoms with Gasteiger partial charge in [-0.1, -0.05) is 17.7 Å². The average molecular weight is 412 g/mol. The van der Waals surface area contributed by atoms with Gasteiger partial charge in [0, 0.05) is 23.2 Å².